The molecule has 1 fully saturated rings. The summed E-state index contributed by atoms with van der Waals surface area (Å²) < 4.78 is 23.9. The smallest absolute Gasteiger partial charge is 0.196 e. The van der Waals surface area contributed by atoms with E-state index in [1.165, 1.54) is 25.1 Å². The molecule has 2 rings (SSSR count). The van der Waals surface area contributed by atoms with Gasteiger partial charge < -0.3 is 0 Å². The van der Waals surface area contributed by atoms with Crippen molar-refractivity contribution in [3.63, 3.8) is 0 Å². The summed E-state index contributed by atoms with van der Waals surface area (Å²) in [5.74, 6) is 1.26. The van der Waals surface area contributed by atoms with Gasteiger partial charge in [0, 0.05) is 6.04 Å². The molecule has 93 valence electrons. The molecule has 3 nitrogen and oxygen atoms in total. The van der Waals surface area contributed by atoms with Crippen molar-refractivity contribution in [1.29, 1.82) is 0 Å². The van der Waals surface area contributed by atoms with E-state index in [-0.39, 0.29) is 0 Å². The van der Waals surface area contributed by atoms with Gasteiger partial charge in [-0.3, -0.25) is 5.32 Å². The maximum atomic E-state index is 12.0. The third kappa shape index (κ3) is 3.54. The molecule has 4 heteroatoms. The number of nitrogens with one attached hydrogen (secondary N) is 1. The summed E-state index contributed by atoms with van der Waals surface area (Å²) in [7, 11) is -3.30. The van der Waals surface area contributed by atoms with Crippen LogP contribution in [0.1, 0.15) is 32.1 Å². The molecule has 1 aliphatic carbocycles. The lowest BCUT2D eigenvalue weighted by atomic mass is 9.96. The molecule has 0 atom stereocenters. The molecule has 0 heterocycles. The van der Waals surface area contributed by atoms with E-state index in [9.17, 15) is 8.42 Å². The predicted molar refractivity (Wildman–Crippen MR) is 67.9 cm³/mol. The summed E-state index contributed by atoms with van der Waals surface area (Å²) in [5.41, 5.74) is 0. The third-order valence-corrected chi connectivity index (χ3v) is 4.51. The maximum absolute atomic E-state index is 12.0. The summed E-state index contributed by atoms with van der Waals surface area (Å²) in [4.78, 5) is 0.350. The first-order valence-corrected chi connectivity index (χ1v) is 7.62. The van der Waals surface area contributed by atoms with Crippen molar-refractivity contribution in [3.8, 4) is 0 Å². The van der Waals surface area contributed by atoms with Crippen molar-refractivity contribution in [2.75, 3.05) is 0 Å². The maximum Gasteiger partial charge on any atom is 0.196 e. The van der Waals surface area contributed by atoms with Crippen LogP contribution < -0.4 is 5.32 Å². The number of rotatable bonds is 4. The molecule has 1 aromatic carbocycles. The fourth-order valence-corrected chi connectivity index (χ4v) is 3.18. The van der Waals surface area contributed by atoms with Crippen LogP contribution in [-0.2, 0) is 9.84 Å². The van der Waals surface area contributed by atoms with Crippen molar-refractivity contribution < 1.29 is 8.42 Å². The second-order valence-corrected chi connectivity index (χ2v) is 6.27. The Morgan fingerprint density at radius 1 is 1.06 bits per heavy atom. The van der Waals surface area contributed by atoms with Crippen LogP contribution in [0, 0.1) is 5.88 Å². The van der Waals surface area contributed by atoms with E-state index in [1.807, 2.05) is 6.07 Å². The molecular weight excluding hydrogens is 234 g/mol. The monoisotopic (exact) mass is 252 g/mol. The molecule has 0 saturated heterocycles. The summed E-state index contributed by atoms with van der Waals surface area (Å²) >= 11 is 0. The van der Waals surface area contributed by atoms with Crippen molar-refractivity contribution in [3.05, 3.63) is 36.2 Å². The number of benzene rings is 1. The Labute approximate surface area is 103 Å². The Morgan fingerprint density at radius 2 is 1.71 bits per heavy atom. The highest BCUT2D eigenvalue weighted by molar-refractivity contribution is 7.93. The van der Waals surface area contributed by atoms with Crippen LogP contribution in [0.4, 0.5) is 0 Å². The van der Waals surface area contributed by atoms with E-state index in [2.05, 4.69) is 5.32 Å². The molecule has 0 aromatic heterocycles. The molecule has 1 saturated carbocycles. The van der Waals surface area contributed by atoms with Gasteiger partial charge in [0.25, 0.3) is 0 Å². The zero-order valence-electron chi connectivity index (χ0n) is 9.80. The number of hydrogen-bond donors (Lipinski definition) is 1. The second-order valence-electron chi connectivity index (χ2n) is 4.48. The largest absolute Gasteiger partial charge is 0.296 e. The molecule has 0 spiro atoms. The van der Waals surface area contributed by atoms with Gasteiger partial charge in [0.1, 0.15) is 5.88 Å². The van der Waals surface area contributed by atoms with Gasteiger partial charge in [-0.25, -0.2) is 8.42 Å². The molecule has 0 aliphatic heterocycles. The first kappa shape index (κ1) is 12.6. The Morgan fingerprint density at radius 3 is 2.35 bits per heavy atom. The van der Waals surface area contributed by atoms with Gasteiger partial charge in [0.05, 0.1) is 4.90 Å². The average molecular weight is 252 g/mol. The van der Waals surface area contributed by atoms with Crippen molar-refractivity contribution in [1.82, 2.24) is 5.32 Å². The van der Waals surface area contributed by atoms with Gasteiger partial charge in [-0.15, -0.1) is 0 Å². The summed E-state index contributed by atoms with van der Waals surface area (Å²) in [6, 6.07) is 8.85. The topological polar surface area (TPSA) is 46.2 Å². The first-order chi connectivity index (χ1) is 8.18. The van der Waals surface area contributed by atoms with Gasteiger partial charge >= 0.3 is 0 Å². The van der Waals surface area contributed by atoms with Gasteiger partial charge in [0.15, 0.2) is 9.84 Å². The molecular formula is C13H18NO2S. The quantitative estimate of drug-likeness (QED) is 0.895. The van der Waals surface area contributed by atoms with E-state index in [1.54, 1.807) is 24.3 Å². The van der Waals surface area contributed by atoms with Crippen LogP contribution in [-0.4, -0.2) is 14.5 Å². The molecule has 17 heavy (non-hydrogen) atoms. The SMILES string of the molecule is O=S(=O)([CH]NC1CCCCC1)c1ccccc1. The molecule has 0 amide bonds. The lowest BCUT2D eigenvalue weighted by molar-refractivity contribution is 0.399. The van der Waals surface area contributed by atoms with Crippen LogP contribution in [0.25, 0.3) is 0 Å². The van der Waals surface area contributed by atoms with E-state index >= 15 is 0 Å². The number of sulfone groups is 1. The zero-order chi connectivity index (χ0) is 12.1. The molecule has 1 radical (unpaired) electrons. The normalized spacial score (nSPS) is 18.1. The predicted octanol–water partition coefficient (Wildman–Crippen LogP) is 2.50. The Bertz CT molecular complexity index is 436. The Hall–Kier alpha value is -0.870. The highest BCUT2D eigenvalue weighted by atomic mass is 32.2. The van der Waals surface area contributed by atoms with Crippen molar-refractivity contribution >= 4 is 9.84 Å². The highest BCUT2D eigenvalue weighted by Crippen LogP contribution is 2.19. The van der Waals surface area contributed by atoms with Gasteiger partial charge in [-0.1, -0.05) is 37.5 Å². The second kappa shape index (κ2) is 5.65. The van der Waals surface area contributed by atoms with E-state index in [0.29, 0.717) is 10.9 Å². The van der Waals surface area contributed by atoms with Crippen LogP contribution in [0.5, 0.6) is 0 Å². The summed E-state index contributed by atoms with van der Waals surface area (Å²) in [6.07, 6.45) is 5.79. The average Bonchev–Trinajstić information content (AvgIpc) is 2.39. The minimum atomic E-state index is -3.30. The van der Waals surface area contributed by atoms with E-state index in [0.717, 1.165) is 12.8 Å². The fourth-order valence-electron chi connectivity index (χ4n) is 2.13. The molecule has 0 unspecified atom stereocenters. The van der Waals surface area contributed by atoms with Crippen molar-refractivity contribution in [2.45, 2.75) is 43.0 Å². The highest BCUT2D eigenvalue weighted by Gasteiger charge is 2.18. The Balaban J connectivity index is 1.94. The fraction of sp³-hybridized carbons (Fsp3) is 0.462. The molecule has 1 N–H and O–H groups in total. The number of hydrogen-bond acceptors (Lipinski definition) is 3. The summed E-state index contributed by atoms with van der Waals surface area (Å²) in [5, 5.41) is 3.05. The lowest BCUT2D eigenvalue weighted by Gasteiger charge is -2.22. The van der Waals surface area contributed by atoms with Crippen LogP contribution in [0.2, 0.25) is 0 Å². The Kier molecular flexibility index (Phi) is 4.18. The minimum Gasteiger partial charge on any atom is -0.296 e. The van der Waals surface area contributed by atoms with E-state index in [4.69, 9.17) is 0 Å². The standard InChI is InChI=1S/C13H18NO2S/c15-17(16,13-9-5-2-6-10-13)11-14-12-7-3-1-4-8-12/h2,5-6,9-12,14H,1,3-4,7-8H2. The molecule has 1 aliphatic rings. The van der Waals surface area contributed by atoms with E-state index < -0.39 is 9.84 Å². The van der Waals surface area contributed by atoms with Crippen LogP contribution in [0.3, 0.4) is 0 Å². The molecule has 1 aromatic rings. The van der Waals surface area contributed by atoms with Gasteiger partial charge in [-0.05, 0) is 25.0 Å². The van der Waals surface area contributed by atoms with Crippen molar-refractivity contribution in [2.24, 2.45) is 0 Å². The van der Waals surface area contributed by atoms with Gasteiger partial charge in [-0.2, -0.15) is 0 Å². The van der Waals surface area contributed by atoms with Crippen LogP contribution >= 0.6 is 0 Å². The molecule has 0 bridgehead atoms. The van der Waals surface area contributed by atoms with Gasteiger partial charge in [0.2, 0.25) is 0 Å². The first-order valence-electron chi connectivity index (χ1n) is 6.08. The third-order valence-electron chi connectivity index (χ3n) is 3.14. The minimum absolute atomic E-state index is 0.322. The summed E-state index contributed by atoms with van der Waals surface area (Å²) in [6.45, 7) is 0. The zero-order valence-corrected chi connectivity index (χ0v) is 10.6. The van der Waals surface area contributed by atoms with Crippen LogP contribution in [0.15, 0.2) is 35.2 Å². The lowest BCUT2D eigenvalue weighted by Crippen LogP contribution is -2.31.